The molecule has 16 bridgehead atoms. The monoisotopic (exact) mass is 1170 g/mol. The van der Waals surface area contributed by atoms with E-state index >= 15 is 0 Å². The Hall–Kier alpha value is -5.16. The Kier molecular flexibility index (Phi) is 8.48. The molecule has 4 aromatic rings. The molecule has 1 spiro atoms. The number of furan rings is 4. The molecular weight excluding hydrogens is 1110 g/mol. The Morgan fingerprint density at radius 1 is 0.380 bits per heavy atom. The van der Waals surface area contributed by atoms with E-state index in [2.05, 4.69) is 187 Å². The fourth-order valence-electron chi connectivity index (χ4n) is 15.5. The number of hydrogen-bond acceptors (Lipinski definition) is 4. The summed E-state index contributed by atoms with van der Waals surface area (Å²) in [7, 11) is 17.5. The van der Waals surface area contributed by atoms with Crippen LogP contribution in [-0.2, 0) is 14.7 Å². The van der Waals surface area contributed by atoms with Crippen LogP contribution in [0.4, 0.5) is 0 Å². The van der Waals surface area contributed by atoms with Gasteiger partial charge in [0.25, 0.3) is 0 Å². The normalized spacial score (nSPS) is 33.5. The predicted molar refractivity (Wildman–Crippen MR) is 294 cm³/mol. The van der Waals surface area contributed by atoms with Crippen molar-refractivity contribution in [2.24, 2.45) is 0 Å². The van der Waals surface area contributed by atoms with Gasteiger partial charge in [-0.25, -0.2) is 0 Å². The Balaban J connectivity index is 1.36. The van der Waals surface area contributed by atoms with E-state index in [0.29, 0.717) is 0 Å². The van der Waals surface area contributed by atoms with Crippen molar-refractivity contribution in [1.29, 1.82) is 0 Å². The fourth-order valence-corrected chi connectivity index (χ4v) is 64.6. The number of fused-ring (bicyclic) bond motifs is 4. The van der Waals surface area contributed by atoms with E-state index in [1.165, 1.54) is 22.3 Å². The summed E-state index contributed by atoms with van der Waals surface area (Å²) in [5, 5.41) is -1.47. The number of aryl methyl sites for hydroxylation is 4. The van der Waals surface area contributed by atoms with Gasteiger partial charge >= 0.3 is 428 Å². The van der Waals surface area contributed by atoms with Gasteiger partial charge in [-0.05, 0) is 0 Å². The van der Waals surface area contributed by atoms with Gasteiger partial charge in [-0.3, -0.25) is 0 Å². The minimum absolute atomic E-state index is 0.368. The van der Waals surface area contributed by atoms with E-state index in [9.17, 15) is 17.2 Å². The van der Waals surface area contributed by atoms with Gasteiger partial charge < -0.3 is 0 Å². The summed E-state index contributed by atoms with van der Waals surface area (Å²) in [6, 6.07) is 16.8. The first-order chi connectivity index (χ1) is 33.7. The summed E-state index contributed by atoms with van der Waals surface area (Å²) in [5.74, 6) is 6.21. The Morgan fingerprint density at radius 3 is 0.803 bits per heavy atom. The number of hydrogen-bond donors (Lipinski definition) is 0. The molecule has 4 atom stereocenters. The maximum atomic E-state index is 10.8. The van der Waals surface area contributed by atoms with Crippen molar-refractivity contribution < 1.29 is 32.3 Å². The first-order valence-electron chi connectivity index (χ1n) is 25.2. The van der Waals surface area contributed by atoms with Crippen molar-refractivity contribution >= 4 is 57.0 Å². The van der Waals surface area contributed by atoms with Crippen LogP contribution in [-0.4, -0.2) is 17.6 Å². The van der Waals surface area contributed by atoms with Crippen molar-refractivity contribution in [3.8, 4) is 0 Å². The molecule has 4 unspecified atom stereocenters. The standard InChI is InChI=1S/2C31H28O2Si.2ClH.Hf/c2*1-20-10-12-28(32-20)24-16-22-8-6-14-30(3,26(22)18-24)34(5)31(4)15-7-9-23-17-25(19-27(23)31)29-13-11-21(2)33-29;;;/h2*6-15,18-19,34H,1-5H3;2*1H;/q;;;;+2/p-2. The van der Waals surface area contributed by atoms with Crippen LogP contribution in [0.5, 0.6) is 0 Å². The van der Waals surface area contributed by atoms with Crippen LogP contribution in [0.2, 0.25) is 33.2 Å². The summed E-state index contributed by atoms with van der Waals surface area (Å²) in [4.78, 5) is 0. The third-order valence-corrected chi connectivity index (χ3v) is 65.0. The molecule has 6 heterocycles. The van der Waals surface area contributed by atoms with E-state index in [-0.39, 0.29) is 20.2 Å². The topological polar surface area (TPSA) is 52.6 Å². The molecule has 14 rings (SSSR count). The van der Waals surface area contributed by atoms with Gasteiger partial charge in [0.2, 0.25) is 0 Å². The number of allylic oxidation sites excluding steroid dienone is 32. The van der Waals surface area contributed by atoms with Crippen molar-refractivity contribution in [2.75, 3.05) is 0 Å². The molecule has 2 saturated heterocycles. The minimum atomic E-state index is -8.22. The molecule has 71 heavy (non-hydrogen) atoms. The van der Waals surface area contributed by atoms with E-state index in [0.717, 1.165) is 104 Å². The molecule has 2 aliphatic heterocycles. The van der Waals surface area contributed by atoms with Crippen LogP contribution in [0.3, 0.4) is 0 Å². The van der Waals surface area contributed by atoms with Gasteiger partial charge in [-0.2, -0.15) is 0 Å². The zero-order valence-corrected chi connectivity index (χ0v) is 49.3. The van der Waals surface area contributed by atoms with Crippen LogP contribution < -0.4 is 0 Å². The summed E-state index contributed by atoms with van der Waals surface area (Å²) in [5.41, 5.74) is 12.9. The van der Waals surface area contributed by atoms with Crippen LogP contribution in [0.1, 0.15) is 73.8 Å². The summed E-state index contributed by atoms with van der Waals surface area (Å²) >= 11 is -8.22. The zero-order valence-electron chi connectivity index (χ0n) is 41.9. The summed E-state index contributed by atoms with van der Waals surface area (Å²) < 4.78 is 31.8. The van der Waals surface area contributed by atoms with Crippen molar-refractivity contribution in [1.82, 2.24) is 0 Å². The van der Waals surface area contributed by atoms with Gasteiger partial charge in [0.05, 0.1) is 0 Å². The molecule has 4 aromatic heterocycles. The maximum absolute atomic E-state index is 10.8. The fraction of sp³-hybridized carbons (Fsp3) is 0.226. The van der Waals surface area contributed by atoms with Gasteiger partial charge in [0.15, 0.2) is 0 Å². The third-order valence-electron chi connectivity index (χ3n) is 19.5. The molecule has 0 N–H and O–H groups in total. The quantitative estimate of drug-likeness (QED) is 0.191. The van der Waals surface area contributed by atoms with Crippen LogP contribution in [0.25, 0.3) is 22.3 Å². The summed E-state index contributed by atoms with van der Waals surface area (Å²) in [6.07, 6.45) is 38.3. The Labute approximate surface area is 424 Å². The van der Waals surface area contributed by atoms with Crippen molar-refractivity contribution in [3.05, 3.63) is 250 Å². The second-order valence-corrected chi connectivity index (χ2v) is 66.2. The SMILES string of the molecule is Cc1ccc(C2=[C]3C4=CC=CC(C)(C4=C2)[SiH](C)C2(C)C=CC=C4C2=CC(c2ccc(C)o2)=[C]4[Hf]32([Cl])([Cl])[C]3=C(c4ccc(C)o4)C=C4C3=CC=CC4(C)[SiH](C)C3(C)C=CC=C4C3=CC(c3ccc(C)o3)=[C]42)o1. The molecule has 9 heteroatoms. The molecule has 4 nitrogen and oxygen atoms in total. The van der Waals surface area contributed by atoms with E-state index in [1.807, 2.05) is 27.7 Å². The Morgan fingerprint density at radius 2 is 0.606 bits per heavy atom. The Bertz CT molecular complexity index is 3370. The summed E-state index contributed by atoms with van der Waals surface area (Å²) in [6.45, 7) is 23.2. The molecular formula is C62H56Cl2HfO4Si2. The zero-order chi connectivity index (χ0) is 49.2. The van der Waals surface area contributed by atoms with E-state index < -0.39 is 32.3 Å². The molecule has 0 amide bonds. The third kappa shape index (κ3) is 4.98. The van der Waals surface area contributed by atoms with Crippen LogP contribution in [0.15, 0.2) is 221 Å². The average molecular weight is 1170 g/mol. The van der Waals surface area contributed by atoms with Crippen LogP contribution >= 0.6 is 17.2 Å². The van der Waals surface area contributed by atoms with E-state index in [4.69, 9.17) is 17.7 Å². The second-order valence-electron chi connectivity index (χ2n) is 22.9. The molecule has 0 saturated carbocycles. The number of halogens is 2. The van der Waals surface area contributed by atoms with Gasteiger partial charge in [-0.1, -0.05) is 0 Å². The predicted octanol–water partition coefficient (Wildman–Crippen LogP) is 17.3. The van der Waals surface area contributed by atoms with Gasteiger partial charge in [0.1, 0.15) is 0 Å². The first kappa shape index (κ1) is 44.5. The van der Waals surface area contributed by atoms with Crippen LogP contribution in [0, 0.1) is 27.7 Å². The molecule has 354 valence electrons. The van der Waals surface area contributed by atoms with Crippen molar-refractivity contribution in [2.45, 2.75) is 88.6 Å². The van der Waals surface area contributed by atoms with Gasteiger partial charge in [-0.15, -0.1) is 0 Å². The van der Waals surface area contributed by atoms with Gasteiger partial charge in [0, 0.05) is 0 Å². The second kappa shape index (κ2) is 13.5. The molecule has 8 aliphatic carbocycles. The van der Waals surface area contributed by atoms with Crippen molar-refractivity contribution in [3.63, 3.8) is 0 Å². The average Bonchev–Trinajstić information content (AvgIpc) is 4.19. The molecule has 0 aromatic carbocycles. The molecule has 0 radical (unpaired) electrons. The number of rotatable bonds is 4. The first-order valence-corrected chi connectivity index (χ1v) is 46.0. The molecule has 2 fully saturated rings. The van der Waals surface area contributed by atoms with E-state index in [1.54, 1.807) is 0 Å². The molecule has 10 aliphatic rings.